The molecule has 1 N–H and O–H groups in total. The van der Waals surface area contributed by atoms with Crippen LogP contribution >= 0.6 is 0 Å². The second kappa shape index (κ2) is 5.63. The zero-order valence-corrected chi connectivity index (χ0v) is 11.1. The third kappa shape index (κ3) is 3.53. The van der Waals surface area contributed by atoms with E-state index in [0.717, 1.165) is 18.4 Å². The maximum atomic E-state index is 4.14. The molecule has 0 amide bonds. The summed E-state index contributed by atoms with van der Waals surface area (Å²) in [6.45, 7) is 7.88. The van der Waals surface area contributed by atoms with Crippen LogP contribution in [0.5, 0.6) is 0 Å². The van der Waals surface area contributed by atoms with E-state index in [1.165, 1.54) is 19.3 Å². The summed E-state index contributed by atoms with van der Waals surface area (Å²) in [6.07, 6.45) is 7.35. The summed E-state index contributed by atoms with van der Waals surface area (Å²) in [5.74, 6) is 1.73. The van der Waals surface area contributed by atoms with Crippen LogP contribution in [0.15, 0.2) is 12.7 Å². The second-order valence-corrected chi connectivity index (χ2v) is 5.65. The SMILES string of the molecule is CC(Cn1cncn1)NC1CCC(C)C(C)C1. The highest BCUT2D eigenvalue weighted by Gasteiger charge is 2.25. The van der Waals surface area contributed by atoms with Gasteiger partial charge in [0, 0.05) is 12.1 Å². The Labute approximate surface area is 104 Å². The normalized spacial score (nSPS) is 31.4. The molecule has 1 fully saturated rings. The van der Waals surface area contributed by atoms with Crippen molar-refractivity contribution < 1.29 is 0 Å². The number of hydrogen-bond acceptors (Lipinski definition) is 3. The van der Waals surface area contributed by atoms with Gasteiger partial charge in [0.05, 0.1) is 6.54 Å². The van der Waals surface area contributed by atoms with Gasteiger partial charge >= 0.3 is 0 Å². The molecule has 2 rings (SSSR count). The summed E-state index contributed by atoms with van der Waals surface area (Å²) < 4.78 is 1.90. The molecule has 0 aromatic carbocycles. The lowest BCUT2D eigenvalue weighted by Crippen LogP contribution is -2.42. The van der Waals surface area contributed by atoms with Crippen LogP contribution < -0.4 is 5.32 Å². The van der Waals surface area contributed by atoms with Crippen LogP contribution in [0.1, 0.15) is 40.0 Å². The Balaban J connectivity index is 1.77. The lowest BCUT2D eigenvalue weighted by molar-refractivity contribution is 0.212. The molecule has 4 atom stereocenters. The number of rotatable bonds is 4. The Morgan fingerprint density at radius 2 is 2.18 bits per heavy atom. The van der Waals surface area contributed by atoms with Gasteiger partial charge in [-0.15, -0.1) is 0 Å². The summed E-state index contributed by atoms with van der Waals surface area (Å²) in [4.78, 5) is 3.97. The van der Waals surface area contributed by atoms with E-state index in [4.69, 9.17) is 0 Å². The molecule has 0 aliphatic heterocycles. The van der Waals surface area contributed by atoms with E-state index < -0.39 is 0 Å². The molecule has 4 heteroatoms. The van der Waals surface area contributed by atoms with Gasteiger partial charge in [-0.05, 0) is 38.0 Å². The highest BCUT2D eigenvalue weighted by atomic mass is 15.3. The van der Waals surface area contributed by atoms with E-state index in [0.29, 0.717) is 12.1 Å². The Hall–Kier alpha value is -0.900. The zero-order chi connectivity index (χ0) is 12.3. The molecule has 0 radical (unpaired) electrons. The standard InChI is InChI=1S/C13H24N4/c1-10-4-5-13(6-11(10)2)16-12(3)7-17-9-14-8-15-17/h8-13,16H,4-7H2,1-3H3. The fraction of sp³-hybridized carbons (Fsp3) is 0.846. The molecule has 0 saturated heterocycles. The molecule has 17 heavy (non-hydrogen) atoms. The first-order valence-corrected chi connectivity index (χ1v) is 6.73. The minimum Gasteiger partial charge on any atom is -0.310 e. The van der Waals surface area contributed by atoms with Gasteiger partial charge in [0.25, 0.3) is 0 Å². The van der Waals surface area contributed by atoms with Crippen molar-refractivity contribution in [1.82, 2.24) is 20.1 Å². The summed E-state index contributed by atoms with van der Waals surface area (Å²) in [6, 6.07) is 1.14. The van der Waals surface area contributed by atoms with Crippen LogP contribution in [0, 0.1) is 11.8 Å². The maximum Gasteiger partial charge on any atom is 0.137 e. The van der Waals surface area contributed by atoms with E-state index in [9.17, 15) is 0 Å². The maximum absolute atomic E-state index is 4.14. The number of nitrogens with zero attached hydrogens (tertiary/aromatic N) is 3. The monoisotopic (exact) mass is 236 g/mol. The smallest absolute Gasteiger partial charge is 0.137 e. The van der Waals surface area contributed by atoms with Crippen molar-refractivity contribution in [3.8, 4) is 0 Å². The first-order chi connectivity index (χ1) is 8.15. The second-order valence-electron chi connectivity index (χ2n) is 5.65. The molecule has 1 heterocycles. The van der Waals surface area contributed by atoms with Gasteiger partial charge in [-0.3, -0.25) is 4.68 Å². The van der Waals surface area contributed by atoms with Crippen LogP contribution in [0.25, 0.3) is 0 Å². The first-order valence-electron chi connectivity index (χ1n) is 6.73. The van der Waals surface area contributed by atoms with Gasteiger partial charge in [-0.1, -0.05) is 13.8 Å². The molecule has 0 bridgehead atoms. The quantitative estimate of drug-likeness (QED) is 0.870. The van der Waals surface area contributed by atoms with Crippen molar-refractivity contribution in [3.05, 3.63) is 12.7 Å². The van der Waals surface area contributed by atoms with Crippen LogP contribution in [0.4, 0.5) is 0 Å². The zero-order valence-electron chi connectivity index (χ0n) is 11.1. The Morgan fingerprint density at radius 1 is 1.35 bits per heavy atom. The molecule has 4 nitrogen and oxygen atoms in total. The summed E-state index contributed by atoms with van der Waals surface area (Å²) in [5, 5.41) is 7.86. The van der Waals surface area contributed by atoms with E-state index in [1.54, 1.807) is 12.7 Å². The molecule has 1 aromatic rings. The van der Waals surface area contributed by atoms with Crippen molar-refractivity contribution in [3.63, 3.8) is 0 Å². The van der Waals surface area contributed by atoms with E-state index in [2.05, 4.69) is 36.2 Å². The predicted molar refractivity (Wildman–Crippen MR) is 68.6 cm³/mol. The predicted octanol–water partition coefficient (Wildman–Crippen LogP) is 2.08. The summed E-state index contributed by atoms with van der Waals surface area (Å²) in [5.41, 5.74) is 0. The fourth-order valence-corrected chi connectivity index (χ4v) is 2.76. The first kappa shape index (κ1) is 12.6. The highest BCUT2D eigenvalue weighted by Crippen LogP contribution is 2.29. The third-order valence-corrected chi connectivity index (χ3v) is 4.05. The average molecular weight is 236 g/mol. The van der Waals surface area contributed by atoms with E-state index in [-0.39, 0.29) is 0 Å². The minimum atomic E-state index is 0.460. The van der Waals surface area contributed by atoms with Crippen LogP contribution in [0.3, 0.4) is 0 Å². The molecular weight excluding hydrogens is 212 g/mol. The van der Waals surface area contributed by atoms with Gasteiger partial charge in [-0.2, -0.15) is 5.10 Å². The van der Waals surface area contributed by atoms with Crippen molar-refractivity contribution >= 4 is 0 Å². The fourth-order valence-electron chi connectivity index (χ4n) is 2.76. The number of hydrogen-bond donors (Lipinski definition) is 1. The third-order valence-electron chi connectivity index (χ3n) is 4.05. The van der Waals surface area contributed by atoms with Crippen molar-refractivity contribution in [2.75, 3.05) is 0 Å². The summed E-state index contributed by atoms with van der Waals surface area (Å²) >= 11 is 0. The van der Waals surface area contributed by atoms with Crippen LogP contribution in [-0.2, 0) is 6.54 Å². The van der Waals surface area contributed by atoms with Gasteiger partial charge < -0.3 is 5.32 Å². The lowest BCUT2D eigenvalue weighted by atomic mass is 9.79. The molecule has 1 aliphatic rings. The summed E-state index contributed by atoms with van der Waals surface area (Å²) in [7, 11) is 0. The molecular formula is C13H24N4. The average Bonchev–Trinajstić information content (AvgIpc) is 2.76. The van der Waals surface area contributed by atoms with Crippen molar-refractivity contribution in [2.45, 2.75) is 58.7 Å². The van der Waals surface area contributed by atoms with Crippen LogP contribution in [-0.4, -0.2) is 26.8 Å². The van der Waals surface area contributed by atoms with Gasteiger partial charge in [0.1, 0.15) is 12.7 Å². The van der Waals surface area contributed by atoms with Crippen molar-refractivity contribution in [2.24, 2.45) is 11.8 Å². The molecule has 0 spiro atoms. The van der Waals surface area contributed by atoms with Crippen LogP contribution in [0.2, 0.25) is 0 Å². The Bertz CT molecular complexity index is 322. The minimum absolute atomic E-state index is 0.460. The molecule has 1 saturated carbocycles. The van der Waals surface area contributed by atoms with Gasteiger partial charge in [0.2, 0.25) is 0 Å². The lowest BCUT2D eigenvalue weighted by Gasteiger charge is -2.34. The van der Waals surface area contributed by atoms with Crippen molar-refractivity contribution in [1.29, 1.82) is 0 Å². The highest BCUT2D eigenvalue weighted by molar-refractivity contribution is 4.81. The van der Waals surface area contributed by atoms with E-state index in [1.807, 2.05) is 4.68 Å². The Kier molecular flexibility index (Phi) is 4.15. The molecule has 1 aliphatic carbocycles. The van der Waals surface area contributed by atoms with Gasteiger partial charge in [-0.25, -0.2) is 4.98 Å². The van der Waals surface area contributed by atoms with E-state index >= 15 is 0 Å². The Morgan fingerprint density at radius 3 is 2.82 bits per heavy atom. The molecule has 4 unspecified atom stereocenters. The topological polar surface area (TPSA) is 42.7 Å². The number of nitrogens with one attached hydrogen (secondary N) is 1. The number of aromatic nitrogens is 3. The molecule has 1 aromatic heterocycles. The molecule has 96 valence electrons. The van der Waals surface area contributed by atoms with Gasteiger partial charge in [0.15, 0.2) is 0 Å². The largest absolute Gasteiger partial charge is 0.310 e.